The van der Waals surface area contributed by atoms with Crippen LogP contribution in [0.1, 0.15) is 55.5 Å². The quantitative estimate of drug-likeness (QED) is 0.770. The predicted octanol–water partition coefficient (Wildman–Crippen LogP) is 2.14. The van der Waals surface area contributed by atoms with Gasteiger partial charge in [-0.05, 0) is 27.2 Å². The lowest BCUT2D eigenvalue weighted by Gasteiger charge is -2.14. The van der Waals surface area contributed by atoms with E-state index in [0.29, 0.717) is 18.9 Å². The molecule has 5 nitrogen and oxygen atoms in total. The first kappa shape index (κ1) is 13.1. The van der Waals surface area contributed by atoms with E-state index in [0.717, 1.165) is 18.9 Å². The summed E-state index contributed by atoms with van der Waals surface area (Å²) >= 11 is 0. The van der Waals surface area contributed by atoms with E-state index in [1.807, 2.05) is 4.57 Å². The van der Waals surface area contributed by atoms with Crippen molar-refractivity contribution in [2.75, 3.05) is 19.8 Å². The third-order valence-corrected chi connectivity index (χ3v) is 3.10. The van der Waals surface area contributed by atoms with Crippen molar-refractivity contribution in [2.45, 2.75) is 39.2 Å². The zero-order valence-corrected chi connectivity index (χ0v) is 11.2. The summed E-state index contributed by atoms with van der Waals surface area (Å²) in [5.74, 6) is 0.873. The largest absolute Gasteiger partial charge is 0.461 e. The van der Waals surface area contributed by atoms with Crippen LogP contribution in [0.15, 0.2) is 6.20 Å². The summed E-state index contributed by atoms with van der Waals surface area (Å²) in [6.07, 6.45) is 2.75. The van der Waals surface area contributed by atoms with Crippen LogP contribution in [0.25, 0.3) is 0 Å². The number of esters is 1. The highest BCUT2D eigenvalue weighted by Crippen LogP contribution is 2.27. The van der Waals surface area contributed by atoms with Crippen molar-refractivity contribution in [2.24, 2.45) is 0 Å². The molecule has 0 aromatic carbocycles. The molecule has 0 amide bonds. The lowest BCUT2D eigenvalue weighted by molar-refractivity contribution is 0.0519. The van der Waals surface area contributed by atoms with Crippen LogP contribution in [0.2, 0.25) is 0 Å². The average Bonchev–Trinajstić information content (AvgIpc) is 2.98. The molecule has 1 unspecified atom stereocenters. The van der Waals surface area contributed by atoms with Crippen molar-refractivity contribution < 1.29 is 14.3 Å². The molecule has 100 valence electrons. The number of aromatic nitrogens is 2. The summed E-state index contributed by atoms with van der Waals surface area (Å²) < 4.78 is 12.4. The Morgan fingerprint density at radius 3 is 3.00 bits per heavy atom. The summed E-state index contributed by atoms with van der Waals surface area (Å²) in [4.78, 5) is 16.2. The molecule has 0 aliphatic carbocycles. The lowest BCUT2D eigenvalue weighted by atomic mass is 10.1. The minimum absolute atomic E-state index is 0.274. The van der Waals surface area contributed by atoms with Crippen LogP contribution in [0, 0.1) is 0 Å². The fraction of sp³-hybridized carbons (Fsp3) is 0.692. The van der Waals surface area contributed by atoms with Crippen LogP contribution in [-0.2, 0) is 9.47 Å². The van der Waals surface area contributed by atoms with Crippen LogP contribution in [0.3, 0.4) is 0 Å². The molecule has 1 aliphatic rings. The predicted molar refractivity (Wildman–Crippen MR) is 66.7 cm³/mol. The lowest BCUT2D eigenvalue weighted by Crippen LogP contribution is -2.10. The Labute approximate surface area is 107 Å². The Kier molecular flexibility index (Phi) is 4.01. The minimum atomic E-state index is -0.350. The molecule has 1 aromatic rings. The molecule has 0 saturated carbocycles. The van der Waals surface area contributed by atoms with Crippen molar-refractivity contribution in [3.63, 3.8) is 0 Å². The number of rotatable bonds is 4. The van der Waals surface area contributed by atoms with Crippen molar-refractivity contribution in [1.82, 2.24) is 9.55 Å². The highest BCUT2D eigenvalue weighted by molar-refractivity contribution is 5.87. The maximum Gasteiger partial charge on any atom is 0.358 e. The highest BCUT2D eigenvalue weighted by Gasteiger charge is 2.26. The molecule has 2 rings (SSSR count). The van der Waals surface area contributed by atoms with E-state index in [2.05, 4.69) is 18.8 Å². The second kappa shape index (κ2) is 5.52. The van der Waals surface area contributed by atoms with Crippen molar-refractivity contribution in [3.05, 3.63) is 17.7 Å². The SMILES string of the molecule is CCOC(=O)c1cn(C(C)C)c(C2CCOC2)n1. The van der Waals surface area contributed by atoms with E-state index in [1.54, 1.807) is 13.1 Å². The average molecular weight is 252 g/mol. The fourth-order valence-electron chi connectivity index (χ4n) is 2.17. The van der Waals surface area contributed by atoms with Crippen LogP contribution >= 0.6 is 0 Å². The van der Waals surface area contributed by atoms with Crippen LogP contribution < -0.4 is 0 Å². The molecule has 0 spiro atoms. The maximum atomic E-state index is 11.7. The highest BCUT2D eigenvalue weighted by atomic mass is 16.5. The van der Waals surface area contributed by atoms with Crippen LogP contribution in [0.4, 0.5) is 0 Å². The molecule has 5 heteroatoms. The number of hydrogen-bond donors (Lipinski definition) is 0. The monoisotopic (exact) mass is 252 g/mol. The molecular formula is C13H20N2O3. The Bertz CT molecular complexity index is 420. The smallest absolute Gasteiger partial charge is 0.358 e. The number of carbonyl (C=O) groups excluding carboxylic acids is 1. The van der Waals surface area contributed by atoms with Gasteiger partial charge in [-0.1, -0.05) is 0 Å². The molecule has 1 aromatic heterocycles. The van der Waals surface area contributed by atoms with Gasteiger partial charge < -0.3 is 14.0 Å². The molecule has 0 bridgehead atoms. The number of imidazole rings is 1. The molecule has 18 heavy (non-hydrogen) atoms. The van der Waals surface area contributed by atoms with Crippen LogP contribution in [-0.4, -0.2) is 35.3 Å². The van der Waals surface area contributed by atoms with E-state index in [-0.39, 0.29) is 17.9 Å². The normalized spacial score (nSPS) is 19.4. The van der Waals surface area contributed by atoms with Gasteiger partial charge in [0.15, 0.2) is 5.69 Å². The van der Waals surface area contributed by atoms with Crippen molar-refractivity contribution in [3.8, 4) is 0 Å². The van der Waals surface area contributed by atoms with E-state index >= 15 is 0 Å². The molecule has 1 saturated heterocycles. The number of hydrogen-bond acceptors (Lipinski definition) is 4. The first-order valence-electron chi connectivity index (χ1n) is 6.47. The summed E-state index contributed by atoms with van der Waals surface area (Å²) in [5.41, 5.74) is 0.396. The maximum absolute atomic E-state index is 11.7. The van der Waals surface area contributed by atoms with E-state index in [1.165, 1.54) is 0 Å². The molecule has 0 N–H and O–H groups in total. The standard InChI is InChI=1S/C13H20N2O3/c1-4-18-13(16)11-7-15(9(2)3)12(14-11)10-5-6-17-8-10/h7,9-10H,4-6,8H2,1-3H3. The van der Waals surface area contributed by atoms with Gasteiger partial charge in [0.2, 0.25) is 0 Å². The molecule has 1 atom stereocenters. The van der Waals surface area contributed by atoms with E-state index in [9.17, 15) is 4.79 Å². The summed E-state index contributed by atoms with van der Waals surface area (Å²) in [7, 11) is 0. The Hall–Kier alpha value is -1.36. The Morgan fingerprint density at radius 2 is 2.44 bits per heavy atom. The number of carbonyl (C=O) groups is 1. The van der Waals surface area contributed by atoms with Crippen molar-refractivity contribution in [1.29, 1.82) is 0 Å². The topological polar surface area (TPSA) is 53.4 Å². The van der Waals surface area contributed by atoms with E-state index in [4.69, 9.17) is 9.47 Å². The Balaban J connectivity index is 2.29. The Morgan fingerprint density at radius 1 is 1.67 bits per heavy atom. The van der Waals surface area contributed by atoms with Crippen LogP contribution in [0.5, 0.6) is 0 Å². The van der Waals surface area contributed by atoms with Gasteiger partial charge in [-0.25, -0.2) is 9.78 Å². The first-order valence-corrected chi connectivity index (χ1v) is 6.47. The molecule has 1 aliphatic heterocycles. The zero-order chi connectivity index (χ0) is 13.1. The summed E-state index contributed by atoms with van der Waals surface area (Å²) in [5, 5.41) is 0. The van der Waals surface area contributed by atoms with Crippen molar-refractivity contribution >= 4 is 5.97 Å². The molecular weight excluding hydrogens is 232 g/mol. The van der Waals surface area contributed by atoms with Gasteiger partial charge in [0.1, 0.15) is 5.82 Å². The van der Waals surface area contributed by atoms with Gasteiger partial charge in [0.05, 0.1) is 13.2 Å². The third-order valence-electron chi connectivity index (χ3n) is 3.10. The zero-order valence-electron chi connectivity index (χ0n) is 11.2. The van der Waals surface area contributed by atoms with Gasteiger partial charge in [0, 0.05) is 24.8 Å². The van der Waals surface area contributed by atoms with E-state index < -0.39 is 0 Å². The van der Waals surface area contributed by atoms with Gasteiger partial charge in [0.25, 0.3) is 0 Å². The molecule has 0 radical (unpaired) electrons. The third kappa shape index (κ3) is 2.56. The second-order valence-electron chi connectivity index (χ2n) is 4.77. The number of ether oxygens (including phenoxy) is 2. The van der Waals surface area contributed by atoms with Gasteiger partial charge in [-0.2, -0.15) is 0 Å². The second-order valence-corrected chi connectivity index (χ2v) is 4.77. The molecule has 2 heterocycles. The summed E-state index contributed by atoms with van der Waals surface area (Å²) in [6, 6.07) is 0.274. The minimum Gasteiger partial charge on any atom is -0.461 e. The summed E-state index contributed by atoms with van der Waals surface area (Å²) in [6.45, 7) is 7.78. The molecule has 1 fully saturated rings. The van der Waals surface area contributed by atoms with Gasteiger partial charge >= 0.3 is 5.97 Å². The van der Waals surface area contributed by atoms with Gasteiger partial charge in [-0.3, -0.25) is 0 Å². The fourth-order valence-corrected chi connectivity index (χ4v) is 2.17. The number of nitrogens with zero attached hydrogens (tertiary/aromatic N) is 2. The first-order chi connectivity index (χ1) is 8.63. The van der Waals surface area contributed by atoms with Gasteiger partial charge in [-0.15, -0.1) is 0 Å².